The summed E-state index contributed by atoms with van der Waals surface area (Å²) in [4.78, 5) is 17.6. The molecule has 1 heterocycles. The minimum Gasteiger partial charge on any atom is -0.497 e. The Morgan fingerprint density at radius 3 is 2.20 bits per heavy atom. The first-order valence-corrected chi connectivity index (χ1v) is 13.5. The Balaban J connectivity index is 1.52. The van der Waals surface area contributed by atoms with E-state index < -0.39 is 0 Å². The number of amides is 1. The number of unbranched alkanes of at least 4 members (excludes halogenated alkanes) is 9. The predicted molar refractivity (Wildman–Crippen MR) is 145 cm³/mol. The molecule has 0 aliphatic rings. The van der Waals surface area contributed by atoms with Gasteiger partial charge in [0, 0.05) is 6.54 Å². The number of carbonyl (C=O) groups excluding carboxylic acids is 1. The van der Waals surface area contributed by atoms with E-state index in [0.717, 1.165) is 41.1 Å². The van der Waals surface area contributed by atoms with Gasteiger partial charge in [-0.05, 0) is 43.2 Å². The molecule has 190 valence electrons. The van der Waals surface area contributed by atoms with E-state index in [1.54, 1.807) is 7.11 Å². The van der Waals surface area contributed by atoms with Crippen LogP contribution in [0.5, 0.6) is 5.75 Å². The van der Waals surface area contributed by atoms with E-state index in [0.29, 0.717) is 6.42 Å². The topological polar surface area (TPSA) is 56.2 Å². The van der Waals surface area contributed by atoms with Crippen molar-refractivity contribution in [2.24, 2.45) is 0 Å². The molecular weight excluding hydrogens is 434 g/mol. The zero-order chi connectivity index (χ0) is 24.9. The van der Waals surface area contributed by atoms with E-state index in [1.807, 2.05) is 37.3 Å². The highest BCUT2D eigenvalue weighted by molar-refractivity contribution is 5.79. The summed E-state index contributed by atoms with van der Waals surface area (Å²) in [5, 5.41) is 3.16. The molecular formula is C30H43N3O2. The van der Waals surface area contributed by atoms with Gasteiger partial charge in [-0.2, -0.15) is 0 Å². The largest absolute Gasteiger partial charge is 0.497 e. The van der Waals surface area contributed by atoms with Crippen molar-refractivity contribution in [1.82, 2.24) is 14.9 Å². The predicted octanol–water partition coefficient (Wildman–Crippen LogP) is 7.39. The van der Waals surface area contributed by atoms with Gasteiger partial charge in [-0.15, -0.1) is 0 Å². The van der Waals surface area contributed by atoms with E-state index in [9.17, 15) is 4.79 Å². The maximum Gasteiger partial charge on any atom is 0.224 e. The van der Waals surface area contributed by atoms with Crippen molar-refractivity contribution >= 4 is 16.9 Å². The van der Waals surface area contributed by atoms with Crippen LogP contribution in [-0.4, -0.2) is 22.6 Å². The molecule has 0 saturated heterocycles. The highest BCUT2D eigenvalue weighted by atomic mass is 16.5. The summed E-state index contributed by atoms with van der Waals surface area (Å²) >= 11 is 0. The van der Waals surface area contributed by atoms with Gasteiger partial charge in [-0.1, -0.05) is 89.0 Å². The van der Waals surface area contributed by atoms with Crippen LogP contribution in [0, 0.1) is 0 Å². The standard InChI is InChI=1S/C30H43N3O2/c1-4-5-6-7-8-9-10-11-12-15-22-33-28-17-14-13-16-27(28)32-30(33)24(2)31-29(34)23-25-18-20-26(35-3)21-19-25/h13-14,16-21,24H,4-12,15,22-23H2,1-3H3,(H,31,34). The van der Waals surface area contributed by atoms with Crippen LogP contribution in [0.25, 0.3) is 11.0 Å². The molecule has 2 aromatic carbocycles. The number of aromatic nitrogens is 2. The molecule has 0 spiro atoms. The number of fused-ring (bicyclic) bond motifs is 1. The van der Waals surface area contributed by atoms with Crippen molar-refractivity contribution in [3.63, 3.8) is 0 Å². The molecule has 5 heteroatoms. The average molecular weight is 478 g/mol. The maximum absolute atomic E-state index is 12.7. The third kappa shape index (κ3) is 8.41. The van der Waals surface area contributed by atoms with Crippen LogP contribution < -0.4 is 10.1 Å². The van der Waals surface area contributed by atoms with Crippen LogP contribution in [0.4, 0.5) is 0 Å². The lowest BCUT2D eigenvalue weighted by atomic mass is 10.1. The summed E-state index contributed by atoms with van der Waals surface area (Å²) in [7, 11) is 1.64. The molecule has 0 aliphatic carbocycles. The Morgan fingerprint density at radius 2 is 1.54 bits per heavy atom. The first kappa shape index (κ1) is 26.8. The van der Waals surface area contributed by atoms with Gasteiger partial charge in [0.1, 0.15) is 11.6 Å². The number of nitrogens with one attached hydrogen (secondary N) is 1. The zero-order valence-electron chi connectivity index (χ0n) is 21.9. The highest BCUT2D eigenvalue weighted by Gasteiger charge is 2.18. The van der Waals surface area contributed by atoms with Gasteiger partial charge in [0.15, 0.2) is 0 Å². The number of rotatable bonds is 16. The van der Waals surface area contributed by atoms with Gasteiger partial charge in [-0.25, -0.2) is 4.98 Å². The van der Waals surface area contributed by atoms with Crippen molar-refractivity contribution in [3.8, 4) is 5.75 Å². The lowest BCUT2D eigenvalue weighted by Gasteiger charge is -2.16. The number of imidazole rings is 1. The van der Waals surface area contributed by atoms with Crippen LogP contribution in [0.1, 0.15) is 95.5 Å². The number of methoxy groups -OCH3 is 1. The van der Waals surface area contributed by atoms with Crippen LogP contribution in [0.15, 0.2) is 48.5 Å². The third-order valence-corrected chi connectivity index (χ3v) is 6.71. The quantitative estimate of drug-likeness (QED) is 0.219. The Labute approximate surface area is 211 Å². The lowest BCUT2D eigenvalue weighted by molar-refractivity contribution is -0.121. The van der Waals surface area contributed by atoms with Crippen LogP contribution >= 0.6 is 0 Å². The van der Waals surface area contributed by atoms with E-state index in [1.165, 1.54) is 57.8 Å². The second-order valence-electron chi connectivity index (χ2n) is 9.61. The fraction of sp³-hybridized carbons (Fsp3) is 0.533. The van der Waals surface area contributed by atoms with Gasteiger partial charge >= 0.3 is 0 Å². The third-order valence-electron chi connectivity index (χ3n) is 6.71. The number of ether oxygens (including phenoxy) is 1. The van der Waals surface area contributed by atoms with E-state index in [-0.39, 0.29) is 11.9 Å². The molecule has 1 amide bonds. The van der Waals surface area contributed by atoms with E-state index in [4.69, 9.17) is 9.72 Å². The van der Waals surface area contributed by atoms with Crippen LogP contribution in [-0.2, 0) is 17.8 Å². The minimum absolute atomic E-state index is 0.000194. The monoisotopic (exact) mass is 477 g/mol. The Kier molecular flexibility index (Phi) is 11.1. The molecule has 3 aromatic rings. The molecule has 1 unspecified atom stereocenters. The SMILES string of the molecule is CCCCCCCCCCCCn1c(C(C)NC(=O)Cc2ccc(OC)cc2)nc2ccccc21. The number of hydrogen-bond acceptors (Lipinski definition) is 3. The molecule has 1 atom stereocenters. The summed E-state index contributed by atoms with van der Waals surface area (Å²) in [5.41, 5.74) is 3.11. The summed E-state index contributed by atoms with van der Waals surface area (Å²) in [5.74, 6) is 1.73. The summed E-state index contributed by atoms with van der Waals surface area (Å²) in [6.07, 6.45) is 13.6. The van der Waals surface area contributed by atoms with Gasteiger partial charge in [0.25, 0.3) is 0 Å². The Hall–Kier alpha value is -2.82. The first-order valence-electron chi connectivity index (χ1n) is 13.5. The van der Waals surface area contributed by atoms with E-state index in [2.05, 4.69) is 35.0 Å². The summed E-state index contributed by atoms with van der Waals surface area (Å²) < 4.78 is 7.51. The molecule has 1 aromatic heterocycles. The number of para-hydroxylation sites is 2. The van der Waals surface area contributed by atoms with E-state index >= 15 is 0 Å². The van der Waals surface area contributed by atoms with Gasteiger partial charge in [0.2, 0.25) is 5.91 Å². The first-order chi connectivity index (χ1) is 17.1. The average Bonchev–Trinajstić information content (AvgIpc) is 3.24. The second kappa shape index (κ2) is 14.6. The van der Waals surface area contributed by atoms with Crippen molar-refractivity contribution in [2.45, 2.75) is 97.1 Å². The molecule has 0 saturated carbocycles. The molecule has 0 fully saturated rings. The number of aryl methyl sites for hydroxylation is 1. The number of benzene rings is 2. The molecule has 0 aliphatic heterocycles. The lowest BCUT2D eigenvalue weighted by Crippen LogP contribution is -2.30. The Morgan fingerprint density at radius 1 is 0.914 bits per heavy atom. The molecule has 0 radical (unpaired) electrons. The molecule has 1 N–H and O–H groups in total. The molecule has 3 rings (SSSR count). The smallest absolute Gasteiger partial charge is 0.224 e. The number of carbonyl (C=O) groups is 1. The molecule has 0 bridgehead atoms. The van der Waals surface area contributed by atoms with Crippen LogP contribution in [0.3, 0.4) is 0 Å². The fourth-order valence-electron chi connectivity index (χ4n) is 4.70. The van der Waals surface area contributed by atoms with Crippen LogP contribution in [0.2, 0.25) is 0 Å². The highest BCUT2D eigenvalue weighted by Crippen LogP contribution is 2.22. The normalized spacial score (nSPS) is 12.1. The van der Waals surface area contributed by atoms with Crippen molar-refractivity contribution in [1.29, 1.82) is 0 Å². The van der Waals surface area contributed by atoms with Gasteiger partial charge < -0.3 is 14.6 Å². The second-order valence-corrected chi connectivity index (χ2v) is 9.61. The van der Waals surface area contributed by atoms with Gasteiger partial charge in [0.05, 0.1) is 30.6 Å². The zero-order valence-corrected chi connectivity index (χ0v) is 21.9. The summed E-state index contributed by atoms with van der Waals surface area (Å²) in [6, 6.07) is 15.8. The fourth-order valence-corrected chi connectivity index (χ4v) is 4.70. The van der Waals surface area contributed by atoms with Crippen molar-refractivity contribution in [3.05, 3.63) is 59.9 Å². The summed E-state index contributed by atoms with van der Waals surface area (Å²) in [6.45, 7) is 5.24. The number of hydrogen-bond donors (Lipinski definition) is 1. The maximum atomic E-state index is 12.7. The minimum atomic E-state index is -0.156. The van der Waals surface area contributed by atoms with Gasteiger partial charge in [-0.3, -0.25) is 4.79 Å². The Bertz CT molecular complexity index is 1030. The van der Waals surface area contributed by atoms with Crippen molar-refractivity contribution < 1.29 is 9.53 Å². The molecule has 35 heavy (non-hydrogen) atoms. The molecule has 5 nitrogen and oxygen atoms in total. The number of nitrogens with zero attached hydrogens (tertiary/aromatic N) is 2. The van der Waals surface area contributed by atoms with Crippen molar-refractivity contribution in [2.75, 3.05) is 7.11 Å².